The Bertz CT molecular complexity index is 817. The van der Waals surface area contributed by atoms with Crippen molar-refractivity contribution >= 4 is 18.1 Å². The minimum atomic E-state index is -2.78. The first-order valence-electron chi connectivity index (χ1n) is 7.77. The SMILES string of the molecule is COc1cnc(C(F)F)cc1-c1cc(NCCOCC(=O)O)ncc1C=O. The Labute approximate surface area is 153 Å². The van der Waals surface area contributed by atoms with Crippen molar-refractivity contribution in [2.75, 3.05) is 32.2 Å². The second kappa shape index (κ2) is 9.53. The van der Waals surface area contributed by atoms with Crippen LogP contribution in [0, 0.1) is 0 Å². The largest absolute Gasteiger partial charge is 0.494 e. The summed E-state index contributed by atoms with van der Waals surface area (Å²) in [6.45, 7) is -0.0438. The molecule has 0 aliphatic heterocycles. The Hall–Kier alpha value is -3.14. The molecule has 0 radical (unpaired) electrons. The molecule has 0 fully saturated rings. The number of nitrogens with one attached hydrogen (secondary N) is 1. The van der Waals surface area contributed by atoms with E-state index in [1.165, 1.54) is 25.6 Å². The molecule has 0 unspecified atom stereocenters. The lowest BCUT2D eigenvalue weighted by atomic mass is 10.0. The molecule has 0 saturated heterocycles. The minimum Gasteiger partial charge on any atom is -0.494 e. The lowest BCUT2D eigenvalue weighted by molar-refractivity contribution is -0.142. The maximum atomic E-state index is 13.0. The first kappa shape index (κ1) is 20.2. The number of carboxylic acids is 1. The van der Waals surface area contributed by atoms with Crippen molar-refractivity contribution in [3.8, 4) is 16.9 Å². The average molecular weight is 381 g/mol. The Kier molecular flexibility index (Phi) is 7.12. The molecule has 2 aromatic heterocycles. The summed E-state index contributed by atoms with van der Waals surface area (Å²) < 4.78 is 36.1. The van der Waals surface area contributed by atoms with Gasteiger partial charge in [0.15, 0.2) is 6.29 Å². The number of aliphatic carboxylic acids is 1. The monoisotopic (exact) mass is 381 g/mol. The number of methoxy groups -OCH3 is 1. The molecule has 8 nitrogen and oxygen atoms in total. The van der Waals surface area contributed by atoms with Crippen LogP contribution in [0.15, 0.2) is 24.5 Å². The smallest absolute Gasteiger partial charge is 0.329 e. The minimum absolute atomic E-state index is 0.118. The van der Waals surface area contributed by atoms with E-state index < -0.39 is 24.7 Å². The normalized spacial score (nSPS) is 10.7. The number of pyridine rings is 2. The third kappa shape index (κ3) is 5.42. The van der Waals surface area contributed by atoms with Crippen LogP contribution in [-0.2, 0) is 9.53 Å². The average Bonchev–Trinajstić information content (AvgIpc) is 2.66. The molecule has 0 atom stereocenters. The van der Waals surface area contributed by atoms with Gasteiger partial charge in [-0.1, -0.05) is 0 Å². The molecule has 0 spiro atoms. The van der Waals surface area contributed by atoms with Crippen molar-refractivity contribution in [1.29, 1.82) is 0 Å². The predicted octanol–water partition coefficient (Wildman–Crippen LogP) is 2.42. The van der Waals surface area contributed by atoms with Crippen LogP contribution in [0.25, 0.3) is 11.1 Å². The second-order valence-electron chi connectivity index (χ2n) is 5.26. The summed E-state index contributed by atoms with van der Waals surface area (Å²) in [5, 5.41) is 11.4. The van der Waals surface area contributed by atoms with E-state index in [9.17, 15) is 18.4 Å². The molecule has 0 saturated carbocycles. The second-order valence-corrected chi connectivity index (χ2v) is 5.26. The van der Waals surface area contributed by atoms with Gasteiger partial charge >= 0.3 is 5.97 Å². The maximum Gasteiger partial charge on any atom is 0.329 e. The highest BCUT2D eigenvalue weighted by atomic mass is 19.3. The fourth-order valence-electron chi connectivity index (χ4n) is 2.25. The van der Waals surface area contributed by atoms with E-state index in [1.54, 1.807) is 0 Å². The van der Waals surface area contributed by atoms with Gasteiger partial charge in [-0.3, -0.25) is 9.78 Å². The van der Waals surface area contributed by atoms with Gasteiger partial charge in [0, 0.05) is 29.4 Å². The van der Waals surface area contributed by atoms with E-state index >= 15 is 0 Å². The third-order valence-electron chi connectivity index (χ3n) is 3.46. The number of aldehydes is 1. The summed E-state index contributed by atoms with van der Waals surface area (Å²) in [6.07, 6.45) is 0.244. The summed E-state index contributed by atoms with van der Waals surface area (Å²) in [7, 11) is 1.36. The summed E-state index contributed by atoms with van der Waals surface area (Å²) in [5.74, 6) is -0.498. The highest BCUT2D eigenvalue weighted by Crippen LogP contribution is 2.34. The third-order valence-corrected chi connectivity index (χ3v) is 3.46. The van der Waals surface area contributed by atoms with E-state index in [0.717, 1.165) is 6.07 Å². The number of rotatable bonds is 10. The molecular weight excluding hydrogens is 364 g/mol. The Morgan fingerprint density at radius 2 is 2.07 bits per heavy atom. The predicted molar refractivity (Wildman–Crippen MR) is 91.3 cm³/mol. The van der Waals surface area contributed by atoms with Crippen LogP contribution in [-0.4, -0.2) is 54.2 Å². The van der Waals surface area contributed by atoms with Crippen molar-refractivity contribution in [3.63, 3.8) is 0 Å². The summed E-state index contributed by atoms with van der Waals surface area (Å²) in [4.78, 5) is 29.4. The van der Waals surface area contributed by atoms with Crippen LogP contribution in [0.1, 0.15) is 22.5 Å². The number of aromatic nitrogens is 2. The fraction of sp³-hybridized carbons (Fsp3) is 0.294. The lowest BCUT2D eigenvalue weighted by Crippen LogP contribution is -2.14. The first-order valence-corrected chi connectivity index (χ1v) is 7.77. The van der Waals surface area contributed by atoms with Gasteiger partial charge in [0.05, 0.1) is 19.9 Å². The number of carboxylic acid groups (broad SMARTS) is 1. The standard InChI is InChI=1S/C17H17F2N3O5/c1-26-14-7-21-13(17(18)19)4-12(14)11-5-15(22-6-10(11)8-23)20-2-3-27-9-16(24)25/h4-8,17H,2-3,9H2,1H3,(H,20,22)(H,24,25). The molecule has 0 amide bonds. The molecule has 10 heteroatoms. The van der Waals surface area contributed by atoms with Crippen LogP contribution in [0.5, 0.6) is 5.75 Å². The number of nitrogens with zero attached hydrogens (tertiary/aromatic N) is 2. The first-order chi connectivity index (χ1) is 13.0. The van der Waals surface area contributed by atoms with E-state index in [-0.39, 0.29) is 30.0 Å². The van der Waals surface area contributed by atoms with Crippen LogP contribution < -0.4 is 10.1 Å². The lowest BCUT2D eigenvalue weighted by Gasteiger charge is -2.13. The molecule has 2 N–H and O–H groups in total. The molecular formula is C17H17F2N3O5. The highest BCUT2D eigenvalue weighted by Gasteiger charge is 2.17. The number of anilines is 1. The van der Waals surface area contributed by atoms with Crippen LogP contribution in [0.3, 0.4) is 0 Å². The zero-order valence-corrected chi connectivity index (χ0v) is 14.3. The van der Waals surface area contributed by atoms with Crippen molar-refractivity contribution in [2.24, 2.45) is 0 Å². The van der Waals surface area contributed by atoms with E-state index in [2.05, 4.69) is 15.3 Å². The van der Waals surface area contributed by atoms with Gasteiger partial charge in [-0.25, -0.2) is 18.6 Å². The Balaban J connectivity index is 2.29. The molecule has 0 aromatic carbocycles. The zero-order chi connectivity index (χ0) is 19.8. The summed E-state index contributed by atoms with van der Waals surface area (Å²) >= 11 is 0. The molecule has 2 heterocycles. The maximum absolute atomic E-state index is 13.0. The quantitative estimate of drug-likeness (QED) is 0.477. The summed E-state index contributed by atoms with van der Waals surface area (Å²) in [6, 6.07) is 2.67. The molecule has 0 aliphatic carbocycles. The van der Waals surface area contributed by atoms with E-state index in [4.69, 9.17) is 14.6 Å². The number of carbonyl (C=O) groups excluding carboxylic acids is 1. The van der Waals surface area contributed by atoms with Gasteiger partial charge < -0.3 is 19.9 Å². The molecule has 2 rings (SSSR count). The molecule has 144 valence electrons. The number of halogens is 2. The number of hydrogen-bond acceptors (Lipinski definition) is 7. The Morgan fingerprint density at radius 3 is 2.70 bits per heavy atom. The summed E-state index contributed by atoms with van der Waals surface area (Å²) in [5.41, 5.74) is 0.357. The van der Waals surface area contributed by atoms with Gasteiger partial charge in [-0.2, -0.15) is 0 Å². The number of alkyl halides is 2. The van der Waals surface area contributed by atoms with Gasteiger partial charge in [0.2, 0.25) is 0 Å². The van der Waals surface area contributed by atoms with Gasteiger partial charge in [0.1, 0.15) is 23.9 Å². The van der Waals surface area contributed by atoms with Crippen LogP contribution >= 0.6 is 0 Å². The van der Waals surface area contributed by atoms with E-state index in [0.29, 0.717) is 17.7 Å². The van der Waals surface area contributed by atoms with Crippen molar-refractivity contribution in [2.45, 2.75) is 6.43 Å². The number of hydrogen-bond donors (Lipinski definition) is 2. The number of ether oxygens (including phenoxy) is 2. The van der Waals surface area contributed by atoms with E-state index in [1.807, 2.05) is 0 Å². The van der Waals surface area contributed by atoms with Crippen LogP contribution in [0.2, 0.25) is 0 Å². The number of carbonyl (C=O) groups is 2. The van der Waals surface area contributed by atoms with Crippen molar-refractivity contribution in [1.82, 2.24) is 9.97 Å². The zero-order valence-electron chi connectivity index (χ0n) is 14.3. The van der Waals surface area contributed by atoms with Crippen molar-refractivity contribution in [3.05, 3.63) is 35.8 Å². The molecule has 27 heavy (non-hydrogen) atoms. The molecule has 2 aromatic rings. The van der Waals surface area contributed by atoms with Gasteiger partial charge in [0.25, 0.3) is 6.43 Å². The highest BCUT2D eigenvalue weighted by molar-refractivity contribution is 5.90. The fourth-order valence-corrected chi connectivity index (χ4v) is 2.25. The molecule has 0 aliphatic rings. The van der Waals surface area contributed by atoms with Gasteiger partial charge in [-0.05, 0) is 12.1 Å². The topological polar surface area (TPSA) is 111 Å². The Morgan fingerprint density at radius 1 is 1.30 bits per heavy atom. The van der Waals surface area contributed by atoms with Crippen LogP contribution in [0.4, 0.5) is 14.6 Å². The van der Waals surface area contributed by atoms with Gasteiger partial charge in [-0.15, -0.1) is 0 Å². The van der Waals surface area contributed by atoms with Crippen molar-refractivity contribution < 1.29 is 33.0 Å². The molecule has 0 bridgehead atoms.